The number of benzene rings is 2. The van der Waals surface area contributed by atoms with Crippen LogP contribution in [-0.2, 0) is 12.8 Å². The van der Waals surface area contributed by atoms with Crippen molar-refractivity contribution in [2.24, 2.45) is 5.73 Å². The first-order valence-corrected chi connectivity index (χ1v) is 6.31. The molecule has 2 rings (SSSR count). The number of rotatable bonds is 4. The predicted molar refractivity (Wildman–Crippen MR) is 74.6 cm³/mol. The van der Waals surface area contributed by atoms with E-state index in [-0.39, 0.29) is 6.04 Å². The Labute approximate surface area is 108 Å². The molecule has 18 heavy (non-hydrogen) atoms. The van der Waals surface area contributed by atoms with Crippen molar-refractivity contribution in [2.45, 2.75) is 25.8 Å². The molecule has 2 nitrogen and oxygen atoms in total. The van der Waals surface area contributed by atoms with Gasteiger partial charge in [0.15, 0.2) is 0 Å². The first-order valence-electron chi connectivity index (χ1n) is 6.31. The van der Waals surface area contributed by atoms with Gasteiger partial charge in [0.05, 0.1) is 0 Å². The summed E-state index contributed by atoms with van der Waals surface area (Å²) in [5.41, 5.74) is 9.70. The minimum absolute atomic E-state index is 0.0299. The molecule has 2 heteroatoms. The van der Waals surface area contributed by atoms with Gasteiger partial charge in [-0.05, 0) is 41.7 Å². The predicted octanol–water partition coefficient (Wildman–Crippen LogP) is 3.20. The van der Waals surface area contributed by atoms with Crippen molar-refractivity contribution in [1.29, 1.82) is 0 Å². The van der Waals surface area contributed by atoms with Gasteiger partial charge in [0.25, 0.3) is 0 Å². The maximum atomic E-state index is 9.42. The van der Waals surface area contributed by atoms with E-state index in [1.165, 1.54) is 5.56 Å². The van der Waals surface area contributed by atoms with Crippen molar-refractivity contribution in [2.75, 3.05) is 0 Å². The number of phenols is 1. The molecule has 1 unspecified atom stereocenters. The number of aromatic hydroxyl groups is 1. The summed E-state index contributed by atoms with van der Waals surface area (Å²) in [6, 6.07) is 15.7. The molecule has 0 aliphatic heterocycles. The van der Waals surface area contributed by atoms with Gasteiger partial charge in [0.1, 0.15) is 5.75 Å². The maximum absolute atomic E-state index is 9.42. The molecule has 0 saturated heterocycles. The fourth-order valence-electron chi connectivity index (χ4n) is 2.06. The highest BCUT2D eigenvalue weighted by Gasteiger charge is 2.07. The Morgan fingerprint density at radius 3 is 2.39 bits per heavy atom. The molecule has 0 bridgehead atoms. The van der Waals surface area contributed by atoms with Crippen LogP contribution < -0.4 is 5.73 Å². The number of aryl methyl sites for hydroxylation is 1. The van der Waals surface area contributed by atoms with Crippen LogP contribution in [0.2, 0.25) is 0 Å². The highest BCUT2D eigenvalue weighted by molar-refractivity contribution is 5.30. The van der Waals surface area contributed by atoms with Crippen molar-refractivity contribution in [3.8, 4) is 5.75 Å². The lowest BCUT2D eigenvalue weighted by molar-refractivity contribution is 0.474. The van der Waals surface area contributed by atoms with Gasteiger partial charge in [0, 0.05) is 6.04 Å². The topological polar surface area (TPSA) is 46.2 Å². The largest absolute Gasteiger partial charge is 0.508 e. The van der Waals surface area contributed by atoms with Crippen LogP contribution in [0.25, 0.3) is 0 Å². The molecule has 3 N–H and O–H groups in total. The Kier molecular flexibility index (Phi) is 4.00. The van der Waals surface area contributed by atoms with Crippen LogP contribution in [-0.4, -0.2) is 5.11 Å². The quantitative estimate of drug-likeness (QED) is 0.863. The zero-order valence-corrected chi connectivity index (χ0v) is 10.6. The summed E-state index contributed by atoms with van der Waals surface area (Å²) in [5, 5.41) is 9.42. The van der Waals surface area contributed by atoms with E-state index in [0.717, 1.165) is 24.0 Å². The summed E-state index contributed by atoms with van der Waals surface area (Å²) < 4.78 is 0. The van der Waals surface area contributed by atoms with Gasteiger partial charge in [-0.3, -0.25) is 0 Å². The van der Waals surface area contributed by atoms with Crippen molar-refractivity contribution >= 4 is 0 Å². The van der Waals surface area contributed by atoms with Gasteiger partial charge in [-0.1, -0.05) is 43.3 Å². The Hall–Kier alpha value is -1.80. The zero-order valence-electron chi connectivity index (χ0n) is 10.6. The van der Waals surface area contributed by atoms with Gasteiger partial charge in [0.2, 0.25) is 0 Å². The second-order valence-electron chi connectivity index (χ2n) is 4.58. The first-order chi connectivity index (χ1) is 8.69. The summed E-state index contributed by atoms with van der Waals surface area (Å²) >= 11 is 0. The fourth-order valence-corrected chi connectivity index (χ4v) is 2.06. The highest BCUT2D eigenvalue weighted by atomic mass is 16.3. The van der Waals surface area contributed by atoms with Crippen LogP contribution in [0, 0.1) is 0 Å². The van der Waals surface area contributed by atoms with E-state index in [1.807, 2.05) is 12.1 Å². The minimum Gasteiger partial charge on any atom is -0.508 e. The van der Waals surface area contributed by atoms with Gasteiger partial charge >= 0.3 is 0 Å². The maximum Gasteiger partial charge on any atom is 0.115 e. The molecule has 0 amide bonds. The second-order valence-corrected chi connectivity index (χ2v) is 4.58. The molecule has 94 valence electrons. The third-order valence-corrected chi connectivity index (χ3v) is 3.18. The Morgan fingerprint density at radius 1 is 1.06 bits per heavy atom. The van der Waals surface area contributed by atoms with Gasteiger partial charge in [-0.15, -0.1) is 0 Å². The van der Waals surface area contributed by atoms with Crippen molar-refractivity contribution < 1.29 is 5.11 Å². The van der Waals surface area contributed by atoms with E-state index < -0.39 is 0 Å². The standard InChI is InChI=1S/C16H19NO/c1-2-12-6-8-14(9-7-12)16(17)11-13-4-3-5-15(18)10-13/h3-10,16,18H,2,11,17H2,1H3. The van der Waals surface area contributed by atoms with Gasteiger partial charge in [-0.25, -0.2) is 0 Å². The molecule has 0 aliphatic carbocycles. The zero-order chi connectivity index (χ0) is 13.0. The summed E-state index contributed by atoms with van der Waals surface area (Å²) in [6.45, 7) is 2.14. The van der Waals surface area contributed by atoms with Crippen LogP contribution in [0.15, 0.2) is 48.5 Å². The van der Waals surface area contributed by atoms with Gasteiger partial charge in [-0.2, -0.15) is 0 Å². The van der Waals surface area contributed by atoms with Gasteiger partial charge < -0.3 is 10.8 Å². The van der Waals surface area contributed by atoms with Crippen LogP contribution >= 0.6 is 0 Å². The summed E-state index contributed by atoms with van der Waals surface area (Å²) in [4.78, 5) is 0. The monoisotopic (exact) mass is 241 g/mol. The molecular formula is C16H19NO. The molecule has 2 aromatic rings. The summed E-state index contributed by atoms with van der Waals surface area (Å²) in [7, 11) is 0. The molecule has 0 fully saturated rings. The SMILES string of the molecule is CCc1ccc(C(N)Cc2cccc(O)c2)cc1. The highest BCUT2D eigenvalue weighted by Crippen LogP contribution is 2.19. The van der Waals surface area contributed by atoms with Crippen LogP contribution in [0.5, 0.6) is 5.75 Å². The van der Waals surface area contributed by atoms with Crippen LogP contribution in [0.1, 0.15) is 29.7 Å². The minimum atomic E-state index is -0.0299. The van der Waals surface area contributed by atoms with Crippen molar-refractivity contribution in [3.63, 3.8) is 0 Å². The fraction of sp³-hybridized carbons (Fsp3) is 0.250. The summed E-state index contributed by atoms with van der Waals surface area (Å²) in [5.74, 6) is 0.293. The molecule has 0 heterocycles. The molecule has 0 spiro atoms. The molecule has 0 radical (unpaired) electrons. The third kappa shape index (κ3) is 3.11. The normalized spacial score (nSPS) is 12.3. The van der Waals surface area contributed by atoms with E-state index in [1.54, 1.807) is 12.1 Å². The molecule has 0 saturated carbocycles. The van der Waals surface area contributed by atoms with E-state index in [0.29, 0.717) is 5.75 Å². The number of hydrogen-bond donors (Lipinski definition) is 2. The molecule has 1 atom stereocenters. The Balaban J connectivity index is 2.09. The molecular weight excluding hydrogens is 222 g/mol. The third-order valence-electron chi connectivity index (χ3n) is 3.18. The van der Waals surface area contributed by atoms with E-state index >= 15 is 0 Å². The molecule has 0 aromatic heterocycles. The lowest BCUT2D eigenvalue weighted by Crippen LogP contribution is -2.13. The van der Waals surface area contributed by atoms with Crippen molar-refractivity contribution in [3.05, 3.63) is 65.2 Å². The number of hydrogen-bond acceptors (Lipinski definition) is 2. The van der Waals surface area contributed by atoms with E-state index in [9.17, 15) is 5.11 Å². The van der Waals surface area contributed by atoms with E-state index in [2.05, 4.69) is 31.2 Å². The average molecular weight is 241 g/mol. The molecule has 2 aromatic carbocycles. The number of nitrogens with two attached hydrogens (primary N) is 1. The Bertz CT molecular complexity index is 505. The van der Waals surface area contributed by atoms with Crippen molar-refractivity contribution in [1.82, 2.24) is 0 Å². The van der Waals surface area contributed by atoms with Crippen LogP contribution in [0.4, 0.5) is 0 Å². The lowest BCUT2D eigenvalue weighted by Gasteiger charge is -2.13. The number of phenolic OH excluding ortho intramolecular Hbond substituents is 1. The Morgan fingerprint density at radius 2 is 1.78 bits per heavy atom. The second kappa shape index (κ2) is 5.69. The molecule has 0 aliphatic rings. The first kappa shape index (κ1) is 12.7. The summed E-state index contributed by atoms with van der Waals surface area (Å²) in [6.07, 6.45) is 1.78. The van der Waals surface area contributed by atoms with E-state index in [4.69, 9.17) is 5.73 Å². The lowest BCUT2D eigenvalue weighted by atomic mass is 9.98. The van der Waals surface area contributed by atoms with Crippen LogP contribution in [0.3, 0.4) is 0 Å². The average Bonchev–Trinajstić information content (AvgIpc) is 2.39. The smallest absolute Gasteiger partial charge is 0.115 e.